The van der Waals surface area contributed by atoms with Gasteiger partial charge in [0.2, 0.25) is 0 Å². The molecule has 0 radical (unpaired) electrons. The fourth-order valence-electron chi connectivity index (χ4n) is 2.65. The molecular formula is C13H18N2O2. The SMILES string of the molecule is Cc1cc(C2CCCNC2)cc(C)c1[N+](=O)[O-]. The average Bonchev–Trinajstić information content (AvgIpc) is 2.28. The van der Waals surface area contributed by atoms with Crippen LogP contribution in [0.3, 0.4) is 0 Å². The lowest BCUT2D eigenvalue weighted by Gasteiger charge is -2.23. The standard InChI is InChI=1S/C13H18N2O2/c1-9-6-12(11-4-3-5-14-8-11)7-10(2)13(9)15(16)17/h6-7,11,14H,3-5,8H2,1-2H3. The van der Waals surface area contributed by atoms with E-state index in [1.807, 2.05) is 26.0 Å². The van der Waals surface area contributed by atoms with Gasteiger partial charge in [-0.2, -0.15) is 0 Å². The van der Waals surface area contributed by atoms with Crippen molar-refractivity contribution >= 4 is 5.69 Å². The highest BCUT2D eigenvalue weighted by molar-refractivity contribution is 5.49. The van der Waals surface area contributed by atoms with E-state index in [4.69, 9.17) is 0 Å². The van der Waals surface area contributed by atoms with Crippen LogP contribution in [0.5, 0.6) is 0 Å². The molecule has 1 heterocycles. The number of hydrogen-bond donors (Lipinski definition) is 1. The molecule has 1 unspecified atom stereocenters. The number of nitro groups is 1. The van der Waals surface area contributed by atoms with Crippen LogP contribution in [-0.4, -0.2) is 18.0 Å². The van der Waals surface area contributed by atoms with E-state index >= 15 is 0 Å². The van der Waals surface area contributed by atoms with Crippen molar-refractivity contribution in [1.29, 1.82) is 0 Å². The highest BCUT2D eigenvalue weighted by atomic mass is 16.6. The number of rotatable bonds is 2. The average molecular weight is 234 g/mol. The molecule has 4 nitrogen and oxygen atoms in total. The lowest BCUT2D eigenvalue weighted by molar-refractivity contribution is -0.386. The molecule has 1 aliphatic heterocycles. The third kappa shape index (κ3) is 2.47. The molecule has 1 aliphatic rings. The smallest absolute Gasteiger partial charge is 0.275 e. The summed E-state index contributed by atoms with van der Waals surface area (Å²) >= 11 is 0. The fraction of sp³-hybridized carbons (Fsp3) is 0.538. The van der Waals surface area contributed by atoms with Crippen molar-refractivity contribution < 1.29 is 4.92 Å². The summed E-state index contributed by atoms with van der Waals surface area (Å²) in [4.78, 5) is 10.6. The van der Waals surface area contributed by atoms with E-state index in [2.05, 4.69) is 5.32 Å². The minimum absolute atomic E-state index is 0.262. The van der Waals surface area contributed by atoms with Gasteiger partial charge in [-0.25, -0.2) is 0 Å². The summed E-state index contributed by atoms with van der Waals surface area (Å²) < 4.78 is 0. The molecule has 1 fully saturated rings. The molecule has 1 atom stereocenters. The van der Waals surface area contributed by atoms with Crippen LogP contribution < -0.4 is 5.32 Å². The molecule has 4 heteroatoms. The molecule has 1 N–H and O–H groups in total. The first-order chi connectivity index (χ1) is 8.09. The van der Waals surface area contributed by atoms with Crippen molar-refractivity contribution in [3.8, 4) is 0 Å². The molecule has 92 valence electrons. The first-order valence-corrected chi connectivity index (χ1v) is 6.06. The summed E-state index contributed by atoms with van der Waals surface area (Å²) in [5, 5.41) is 14.3. The maximum absolute atomic E-state index is 10.9. The van der Waals surface area contributed by atoms with Crippen LogP contribution in [0.2, 0.25) is 0 Å². The zero-order valence-electron chi connectivity index (χ0n) is 10.3. The van der Waals surface area contributed by atoms with E-state index in [0.717, 1.165) is 24.2 Å². The Morgan fingerprint density at radius 3 is 2.47 bits per heavy atom. The van der Waals surface area contributed by atoms with Crippen LogP contribution in [0.4, 0.5) is 5.69 Å². The monoisotopic (exact) mass is 234 g/mol. The number of hydrogen-bond acceptors (Lipinski definition) is 3. The maximum atomic E-state index is 10.9. The summed E-state index contributed by atoms with van der Waals surface area (Å²) in [7, 11) is 0. The lowest BCUT2D eigenvalue weighted by atomic mass is 9.89. The highest BCUT2D eigenvalue weighted by Crippen LogP contribution is 2.30. The second kappa shape index (κ2) is 4.84. The molecule has 1 saturated heterocycles. The molecule has 1 aromatic carbocycles. The van der Waals surface area contributed by atoms with Gasteiger partial charge in [-0.1, -0.05) is 0 Å². The van der Waals surface area contributed by atoms with Crippen molar-refractivity contribution in [3.63, 3.8) is 0 Å². The predicted octanol–water partition coefficient (Wildman–Crippen LogP) is 2.68. The van der Waals surface area contributed by atoms with Crippen LogP contribution in [0.1, 0.15) is 35.4 Å². The van der Waals surface area contributed by atoms with Gasteiger partial charge >= 0.3 is 0 Å². The first-order valence-electron chi connectivity index (χ1n) is 6.06. The van der Waals surface area contributed by atoms with Gasteiger partial charge in [-0.05, 0) is 56.8 Å². The number of aryl methyl sites for hydroxylation is 2. The second-order valence-corrected chi connectivity index (χ2v) is 4.80. The highest BCUT2D eigenvalue weighted by Gasteiger charge is 2.20. The van der Waals surface area contributed by atoms with Crippen LogP contribution in [0, 0.1) is 24.0 Å². The number of benzene rings is 1. The van der Waals surface area contributed by atoms with E-state index in [9.17, 15) is 10.1 Å². The molecule has 1 aromatic rings. The van der Waals surface area contributed by atoms with Crippen molar-refractivity contribution in [3.05, 3.63) is 38.9 Å². The van der Waals surface area contributed by atoms with E-state index < -0.39 is 0 Å². The van der Waals surface area contributed by atoms with Gasteiger partial charge in [0.25, 0.3) is 5.69 Å². The van der Waals surface area contributed by atoms with Crippen molar-refractivity contribution in [1.82, 2.24) is 5.32 Å². The summed E-state index contributed by atoms with van der Waals surface area (Å²) in [5.74, 6) is 0.502. The van der Waals surface area contributed by atoms with E-state index in [1.165, 1.54) is 18.4 Å². The topological polar surface area (TPSA) is 55.2 Å². The van der Waals surface area contributed by atoms with E-state index in [0.29, 0.717) is 5.92 Å². The van der Waals surface area contributed by atoms with Gasteiger partial charge in [0.05, 0.1) is 4.92 Å². The molecule has 0 bridgehead atoms. The summed E-state index contributed by atoms with van der Waals surface area (Å²) in [6.45, 7) is 5.72. The Labute approximate surface area is 101 Å². The third-order valence-corrected chi connectivity index (χ3v) is 3.46. The largest absolute Gasteiger partial charge is 0.316 e. The lowest BCUT2D eigenvalue weighted by Crippen LogP contribution is -2.28. The Bertz CT molecular complexity index is 414. The Morgan fingerprint density at radius 1 is 1.35 bits per heavy atom. The van der Waals surface area contributed by atoms with Gasteiger partial charge in [-0.15, -0.1) is 0 Å². The minimum atomic E-state index is -0.284. The summed E-state index contributed by atoms with van der Waals surface area (Å²) in [5.41, 5.74) is 3.04. The quantitative estimate of drug-likeness (QED) is 0.632. The Kier molecular flexibility index (Phi) is 3.43. The normalized spacial score (nSPS) is 20.2. The predicted molar refractivity (Wildman–Crippen MR) is 67.4 cm³/mol. The van der Waals surface area contributed by atoms with Gasteiger partial charge in [0.1, 0.15) is 0 Å². The molecule has 0 saturated carbocycles. The van der Waals surface area contributed by atoms with Crippen LogP contribution in [-0.2, 0) is 0 Å². The number of nitrogens with zero attached hydrogens (tertiary/aromatic N) is 1. The zero-order valence-corrected chi connectivity index (χ0v) is 10.3. The molecule has 0 amide bonds. The van der Waals surface area contributed by atoms with Crippen LogP contribution in [0.25, 0.3) is 0 Å². The fourth-order valence-corrected chi connectivity index (χ4v) is 2.65. The van der Waals surface area contributed by atoms with Crippen LogP contribution in [0.15, 0.2) is 12.1 Å². The van der Waals surface area contributed by atoms with Gasteiger partial charge in [-0.3, -0.25) is 10.1 Å². The Morgan fingerprint density at radius 2 is 2.00 bits per heavy atom. The first kappa shape index (κ1) is 12.0. The molecule has 17 heavy (non-hydrogen) atoms. The maximum Gasteiger partial charge on any atom is 0.275 e. The van der Waals surface area contributed by atoms with E-state index in [1.54, 1.807) is 0 Å². The third-order valence-electron chi connectivity index (χ3n) is 3.46. The van der Waals surface area contributed by atoms with E-state index in [-0.39, 0.29) is 10.6 Å². The number of nitro benzene ring substituents is 1. The Hall–Kier alpha value is -1.42. The molecule has 0 aromatic heterocycles. The molecule has 2 rings (SSSR count). The van der Waals surface area contributed by atoms with Crippen LogP contribution >= 0.6 is 0 Å². The van der Waals surface area contributed by atoms with Gasteiger partial charge in [0.15, 0.2) is 0 Å². The van der Waals surface area contributed by atoms with Gasteiger partial charge in [0, 0.05) is 17.7 Å². The number of nitrogens with one attached hydrogen (secondary N) is 1. The van der Waals surface area contributed by atoms with Crippen molar-refractivity contribution in [2.45, 2.75) is 32.6 Å². The molecular weight excluding hydrogens is 216 g/mol. The summed E-state index contributed by atoms with van der Waals surface area (Å²) in [6, 6.07) is 3.95. The summed E-state index contributed by atoms with van der Waals surface area (Å²) in [6.07, 6.45) is 2.35. The molecule has 0 aliphatic carbocycles. The Balaban J connectivity index is 2.34. The second-order valence-electron chi connectivity index (χ2n) is 4.80. The minimum Gasteiger partial charge on any atom is -0.316 e. The van der Waals surface area contributed by atoms with Crippen molar-refractivity contribution in [2.75, 3.05) is 13.1 Å². The zero-order chi connectivity index (χ0) is 12.4. The van der Waals surface area contributed by atoms with Gasteiger partial charge < -0.3 is 5.32 Å². The van der Waals surface area contributed by atoms with Crippen molar-refractivity contribution in [2.24, 2.45) is 0 Å². The molecule has 0 spiro atoms. The number of piperidine rings is 1.